The van der Waals surface area contributed by atoms with Crippen molar-refractivity contribution in [1.29, 1.82) is 0 Å². The van der Waals surface area contributed by atoms with Gasteiger partial charge < -0.3 is 10.1 Å². The minimum atomic E-state index is 0.184. The predicted molar refractivity (Wildman–Crippen MR) is 87.4 cm³/mol. The van der Waals surface area contributed by atoms with Gasteiger partial charge in [0.15, 0.2) is 0 Å². The highest BCUT2D eigenvalue weighted by molar-refractivity contribution is 7.11. The second-order valence-corrected chi connectivity index (χ2v) is 6.74. The lowest BCUT2D eigenvalue weighted by Gasteiger charge is -2.20. The number of fused-ring (bicyclic) bond motifs is 1. The fraction of sp³-hybridized carbons (Fsp3) is 0.471. The molecule has 4 heteroatoms. The molecule has 0 saturated carbocycles. The van der Waals surface area contributed by atoms with Crippen LogP contribution in [0.15, 0.2) is 18.2 Å². The van der Waals surface area contributed by atoms with Gasteiger partial charge in [0, 0.05) is 16.9 Å². The number of hydrogen-bond acceptors (Lipinski definition) is 4. The van der Waals surface area contributed by atoms with E-state index in [4.69, 9.17) is 4.74 Å². The molecule has 0 aliphatic carbocycles. The Hall–Kier alpha value is -1.39. The Morgan fingerprint density at radius 3 is 2.95 bits per heavy atom. The first-order valence-electron chi connectivity index (χ1n) is 7.62. The topological polar surface area (TPSA) is 34.1 Å². The SMILES string of the molecule is CCCNC(c1cccc2c1OCC2)c1sc(C)nc1C. The summed E-state index contributed by atoms with van der Waals surface area (Å²) in [5.41, 5.74) is 3.71. The van der Waals surface area contributed by atoms with E-state index in [0.717, 1.165) is 42.4 Å². The molecule has 3 nitrogen and oxygen atoms in total. The van der Waals surface area contributed by atoms with Gasteiger partial charge in [-0.25, -0.2) is 4.98 Å². The molecule has 1 aliphatic rings. The predicted octanol–water partition coefficient (Wildman–Crippen LogP) is 3.78. The summed E-state index contributed by atoms with van der Waals surface area (Å²) in [4.78, 5) is 5.91. The third-order valence-electron chi connectivity index (χ3n) is 3.86. The highest BCUT2D eigenvalue weighted by Gasteiger charge is 2.25. The Morgan fingerprint density at radius 2 is 2.24 bits per heavy atom. The monoisotopic (exact) mass is 302 g/mol. The van der Waals surface area contributed by atoms with Crippen molar-refractivity contribution in [1.82, 2.24) is 10.3 Å². The summed E-state index contributed by atoms with van der Waals surface area (Å²) >= 11 is 1.78. The molecule has 2 aromatic rings. The van der Waals surface area contributed by atoms with Crippen LogP contribution in [0.3, 0.4) is 0 Å². The van der Waals surface area contributed by atoms with Crippen molar-refractivity contribution in [2.45, 2.75) is 39.7 Å². The highest BCUT2D eigenvalue weighted by atomic mass is 32.1. The molecule has 1 atom stereocenters. The number of ether oxygens (including phenoxy) is 1. The first-order valence-corrected chi connectivity index (χ1v) is 8.44. The maximum atomic E-state index is 5.90. The van der Waals surface area contributed by atoms with E-state index in [1.807, 2.05) is 0 Å². The highest BCUT2D eigenvalue weighted by Crippen LogP contribution is 2.38. The zero-order chi connectivity index (χ0) is 14.8. The summed E-state index contributed by atoms with van der Waals surface area (Å²) in [6, 6.07) is 6.69. The molecule has 21 heavy (non-hydrogen) atoms. The molecule has 0 fully saturated rings. The standard InChI is InChI=1S/C17H22N2OS/c1-4-9-18-15(17-11(2)19-12(3)21-17)14-7-5-6-13-8-10-20-16(13)14/h5-7,15,18H,4,8-10H2,1-3H3. The number of para-hydroxylation sites is 1. The fourth-order valence-corrected chi connectivity index (χ4v) is 3.94. The molecule has 1 aromatic carbocycles. The van der Waals surface area contributed by atoms with E-state index < -0.39 is 0 Å². The van der Waals surface area contributed by atoms with Crippen molar-refractivity contribution in [3.63, 3.8) is 0 Å². The lowest BCUT2D eigenvalue weighted by atomic mass is 9.99. The summed E-state index contributed by atoms with van der Waals surface area (Å²) in [7, 11) is 0. The van der Waals surface area contributed by atoms with Crippen molar-refractivity contribution in [2.75, 3.05) is 13.2 Å². The van der Waals surface area contributed by atoms with Crippen molar-refractivity contribution < 1.29 is 4.74 Å². The van der Waals surface area contributed by atoms with Gasteiger partial charge in [0.1, 0.15) is 5.75 Å². The smallest absolute Gasteiger partial charge is 0.127 e. The average molecular weight is 302 g/mol. The lowest BCUT2D eigenvalue weighted by molar-refractivity contribution is 0.350. The summed E-state index contributed by atoms with van der Waals surface area (Å²) in [5.74, 6) is 1.08. The molecule has 3 rings (SSSR count). The molecule has 0 saturated heterocycles. The number of hydrogen-bond donors (Lipinski definition) is 1. The Bertz CT molecular complexity index is 636. The number of rotatable bonds is 5. The number of aryl methyl sites for hydroxylation is 2. The quantitative estimate of drug-likeness (QED) is 0.912. The Kier molecular flexibility index (Phi) is 4.27. The molecule has 0 spiro atoms. The number of aromatic nitrogens is 1. The third-order valence-corrected chi connectivity index (χ3v) is 4.99. The van der Waals surface area contributed by atoms with Gasteiger partial charge in [0.2, 0.25) is 0 Å². The first-order chi connectivity index (χ1) is 10.2. The van der Waals surface area contributed by atoms with Crippen LogP contribution < -0.4 is 10.1 Å². The maximum absolute atomic E-state index is 5.90. The molecule has 0 bridgehead atoms. The van der Waals surface area contributed by atoms with Crippen LogP contribution in [0, 0.1) is 13.8 Å². The fourth-order valence-electron chi connectivity index (χ4n) is 2.92. The first kappa shape index (κ1) is 14.5. The number of thiazole rings is 1. The van der Waals surface area contributed by atoms with Gasteiger partial charge in [-0.3, -0.25) is 0 Å². The van der Waals surface area contributed by atoms with Gasteiger partial charge >= 0.3 is 0 Å². The molecule has 112 valence electrons. The third kappa shape index (κ3) is 2.83. The Balaban J connectivity index is 2.04. The summed E-state index contributed by atoms with van der Waals surface area (Å²) in [6.07, 6.45) is 2.13. The normalized spacial score (nSPS) is 14.8. The van der Waals surface area contributed by atoms with Crippen LogP contribution in [0.5, 0.6) is 5.75 Å². The molecule has 0 radical (unpaired) electrons. The molecule has 1 aromatic heterocycles. The zero-order valence-corrected chi connectivity index (χ0v) is 13.7. The van der Waals surface area contributed by atoms with Crippen LogP contribution in [-0.4, -0.2) is 18.1 Å². The van der Waals surface area contributed by atoms with Crippen LogP contribution in [0.1, 0.15) is 46.1 Å². The maximum Gasteiger partial charge on any atom is 0.127 e. The van der Waals surface area contributed by atoms with E-state index in [-0.39, 0.29) is 6.04 Å². The van der Waals surface area contributed by atoms with Crippen LogP contribution in [-0.2, 0) is 6.42 Å². The molecule has 1 N–H and O–H groups in total. The van der Waals surface area contributed by atoms with E-state index in [1.165, 1.54) is 16.0 Å². The van der Waals surface area contributed by atoms with Crippen LogP contribution >= 0.6 is 11.3 Å². The second kappa shape index (κ2) is 6.16. The molecule has 1 unspecified atom stereocenters. The van der Waals surface area contributed by atoms with Gasteiger partial charge in [-0.05, 0) is 32.4 Å². The van der Waals surface area contributed by atoms with Gasteiger partial charge in [-0.15, -0.1) is 11.3 Å². The Labute approximate surface area is 130 Å². The van der Waals surface area contributed by atoms with Crippen molar-refractivity contribution >= 4 is 11.3 Å². The molecule has 1 aliphatic heterocycles. The van der Waals surface area contributed by atoms with Crippen LogP contribution in [0.2, 0.25) is 0 Å². The summed E-state index contributed by atoms with van der Waals surface area (Å²) in [6.45, 7) is 8.16. The van der Waals surface area contributed by atoms with E-state index >= 15 is 0 Å². The van der Waals surface area contributed by atoms with Crippen LogP contribution in [0.25, 0.3) is 0 Å². The second-order valence-electron chi connectivity index (χ2n) is 5.50. The number of nitrogens with one attached hydrogen (secondary N) is 1. The van der Waals surface area contributed by atoms with Gasteiger partial charge in [-0.1, -0.05) is 25.1 Å². The van der Waals surface area contributed by atoms with Crippen LogP contribution in [0.4, 0.5) is 0 Å². The largest absolute Gasteiger partial charge is 0.493 e. The summed E-state index contributed by atoms with van der Waals surface area (Å²) in [5, 5.41) is 4.80. The number of benzene rings is 1. The van der Waals surface area contributed by atoms with E-state index in [2.05, 4.69) is 49.3 Å². The van der Waals surface area contributed by atoms with Gasteiger partial charge in [0.05, 0.1) is 23.4 Å². The Morgan fingerprint density at radius 1 is 1.38 bits per heavy atom. The molecular weight excluding hydrogens is 280 g/mol. The lowest BCUT2D eigenvalue weighted by Crippen LogP contribution is -2.23. The number of nitrogens with zero attached hydrogens (tertiary/aromatic N) is 1. The van der Waals surface area contributed by atoms with Crippen molar-refractivity contribution in [3.05, 3.63) is 44.9 Å². The van der Waals surface area contributed by atoms with E-state index in [0.29, 0.717) is 0 Å². The van der Waals surface area contributed by atoms with Crippen molar-refractivity contribution in [3.8, 4) is 5.75 Å². The van der Waals surface area contributed by atoms with Gasteiger partial charge in [-0.2, -0.15) is 0 Å². The van der Waals surface area contributed by atoms with E-state index in [1.54, 1.807) is 11.3 Å². The molecule has 2 heterocycles. The summed E-state index contributed by atoms with van der Waals surface area (Å²) < 4.78 is 5.90. The molecular formula is C17H22N2OS. The minimum absolute atomic E-state index is 0.184. The van der Waals surface area contributed by atoms with E-state index in [9.17, 15) is 0 Å². The van der Waals surface area contributed by atoms with Gasteiger partial charge in [0.25, 0.3) is 0 Å². The molecule has 0 amide bonds. The zero-order valence-electron chi connectivity index (χ0n) is 12.9. The van der Waals surface area contributed by atoms with Crippen molar-refractivity contribution in [2.24, 2.45) is 0 Å². The minimum Gasteiger partial charge on any atom is -0.493 e. The average Bonchev–Trinajstić information content (AvgIpc) is 3.06.